The van der Waals surface area contributed by atoms with Gasteiger partial charge in [0.05, 0.1) is 18.6 Å². The van der Waals surface area contributed by atoms with Crippen LogP contribution in [0.2, 0.25) is 0 Å². The normalized spacial score (nSPS) is 12.5. The number of carboxylic acids is 1. The van der Waals surface area contributed by atoms with Gasteiger partial charge in [0.2, 0.25) is 5.91 Å². The van der Waals surface area contributed by atoms with Crippen molar-refractivity contribution < 1.29 is 38.6 Å². The van der Waals surface area contributed by atoms with E-state index < -0.39 is 41.4 Å². The zero-order valence-corrected chi connectivity index (χ0v) is 26.0. The van der Waals surface area contributed by atoms with Crippen molar-refractivity contribution in [1.82, 2.24) is 16.2 Å². The van der Waals surface area contributed by atoms with E-state index >= 15 is 0 Å². The highest BCUT2D eigenvalue weighted by molar-refractivity contribution is 5.96. The first-order valence-electron chi connectivity index (χ1n) is 15.0. The standard InChI is InChI=1S/C33H45N3O8/c1-5-43-32(42)25-19-17-24(18-20-25)30(39)36-34-21-10-9-16-27(31(40)41)35-29(38)26(22-28(37)44-33(2,3)4)15-11-14-23-12-7-6-8-13-23/h6-8,12-13,17-20,26-27,34H,5,9-11,14-16,21-22H2,1-4H3,(H,35,38)(H,36,39)(H,40,41)/t26-,27+/m1/s1. The van der Waals surface area contributed by atoms with Crippen LogP contribution >= 0.6 is 0 Å². The molecule has 2 amide bonds. The molecule has 2 atom stereocenters. The van der Waals surface area contributed by atoms with Gasteiger partial charge in [0.1, 0.15) is 11.6 Å². The number of carbonyl (C=O) groups excluding carboxylic acids is 4. The number of hydrogen-bond acceptors (Lipinski definition) is 8. The molecule has 11 heteroatoms. The fourth-order valence-corrected chi connectivity index (χ4v) is 4.40. The zero-order chi connectivity index (χ0) is 32.5. The fourth-order valence-electron chi connectivity index (χ4n) is 4.40. The Bertz CT molecular complexity index is 1230. The minimum Gasteiger partial charge on any atom is -0.480 e. The minimum absolute atomic E-state index is 0.139. The van der Waals surface area contributed by atoms with Crippen molar-refractivity contribution in [3.63, 3.8) is 0 Å². The summed E-state index contributed by atoms with van der Waals surface area (Å²) in [7, 11) is 0. The van der Waals surface area contributed by atoms with Crippen LogP contribution in [0.5, 0.6) is 0 Å². The summed E-state index contributed by atoms with van der Waals surface area (Å²) in [4.78, 5) is 61.7. The van der Waals surface area contributed by atoms with E-state index in [1.165, 1.54) is 24.3 Å². The molecule has 0 aliphatic carbocycles. The first kappa shape index (κ1) is 35.9. The van der Waals surface area contributed by atoms with Gasteiger partial charge in [0.15, 0.2) is 0 Å². The quantitative estimate of drug-likeness (QED) is 0.110. The molecule has 2 rings (SSSR count). The van der Waals surface area contributed by atoms with Gasteiger partial charge in [-0.25, -0.2) is 15.0 Å². The average Bonchev–Trinajstić information content (AvgIpc) is 2.97. The van der Waals surface area contributed by atoms with E-state index in [1.54, 1.807) is 27.7 Å². The smallest absolute Gasteiger partial charge is 0.338 e. The number of hydrazine groups is 1. The van der Waals surface area contributed by atoms with E-state index in [9.17, 15) is 29.1 Å². The van der Waals surface area contributed by atoms with E-state index in [1.807, 2.05) is 30.3 Å². The molecule has 0 fully saturated rings. The molecule has 0 radical (unpaired) electrons. The highest BCUT2D eigenvalue weighted by Crippen LogP contribution is 2.19. The first-order chi connectivity index (χ1) is 20.9. The molecule has 44 heavy (non-hydrogen) atoms. The van der Waals surface area contributed by atoms with Crippen molar-refractivity contribution in [2.45, 2.75) is 84.3 Å². The third-order valence-corrected chi connectivity index (χ3v) is 6.58. The number of hydrogen-bond donors (Lipinski definition) is 4. The molecular formula is C33H45N3O8. The molecule has 0 unspecified atom stereocenters. The Morgan fingerprint density at radius 3 is 2.14 bits per heavy atom. The van der Waals surface area contributed by atoms with E-state index in [-0.39, 0.29) is 25.4 Å². The van der Waals surface area contributed by atoms with Crippen LogP contribution in [0.1, 0.15) is 92.5 Å². The summed E-state index contributed by atoms with van der Waals surface area (Å²) in [5.74, 6) is -3.73. The molecule has 11 nitrogen and oxygen atoms in total. The maximum absolute atomic E-state index is 13.2. The van der Waals surface area contributed by atoms with Crippen LogP contribution in [0.4, 0.5) is 0 Å². The van der Waals surface area contributed by atoms with E-state index in [2.05, 4.69) is 16.2 Å². The molecule has 0 spiro atoms. The Kier molecular flexibility index (Phi) is 15.0. The van der Waals surface area contributed by atoms with E-state index in [0.29, 0.717) is 43.4 Å². The number of rotatable bonds is 18. The molecule has 4 N–H and O–H groups in total. The second-order valence-corrected chi connectivity index (χ2v) is 11.4. The summed E-state index contributed by atoms with van der Waals surface area (Å²) in [6.45, 7) is 7.59. The molecular weight excluding hydrogens is 566 g/mol. The number of carboxylic acid groups (broad SMARTS) is 1. The van der Waals surface area contributed by atoms with Gasteiger partial charge >= 0.3 is 17.9 Å². The van der Waals surface area contributed by atoms with Crippen LogP contribution in [0, 0.1) is 5.92 Å². The monoisotopic (exact) mass is 611 g/mol. The molecule has 0 saturated heterocycles. The van der Waals surface area contributed by atoms with Gasteiger partial charge < -0.3 is 19.9 Å². The van der Waals surface area contributed by atoms with Crippen molar-refractivity contribution in [1.29, 1.82) is 0 Å². The van der Waals surface area contributed by atoms with Crippen LogP contribution < -0.4 is 16.2 Å². The first-order valence-corrected chi connectivity index (χ1v) is 15.0. The number of unbranched alkanes of at least 4 members (excludes halogenated alkanes) is 1. The third kappa shape index (κ3) is 13.8. The lowest BCUT2D eigenvalue weighted by atomic mass is 9.95. The molecule has 0 aromatic heterocycles. The van der Waals surface area contributed by atoms with Gasteiger partial charge in [-0.05, 0) is 96.0 Å². The molecule has 0 saturated carbocycles. The van der Waals surface area contributed by atoms with Crippen molar-refractivity contribution in [3.05, 3.63) is 71.3 Å². The number of aliphatic carboxylic acids is 1. The largest absolute Gasteiger partial charge is 0.480 e. The molecule has 240 valence electrons. The van der Waals surface area contributed by atoms with Crippen LogP contribution in [-0.4, -0.2) is 59.6 Å². The summed E-state index contributed by atoms with van der Waals surface area (Å²) < 4.78 is 10.3. The number of carbonyl (C=O) groups is 5. The third-order valence-electron chi connectivity index (χ3n) is 6.58. The Hall–Kier alpha value is -4.25. The highest BCUT2D eigenvalue weighted by Gasteiger charge is 2.28. The summed E-state index contributed by atoms with van der Waals surface area (Å²) in [5.41, 5.74) is 6.48. The SMILES string of the molecule is CCOC(=O)c1ccc(C(=O)NNCCCC[C@H](NC(=O)[C@H](CCCc2ccccc2)CC(=O)OC(C)(C)C)C(=O)O)cc1. The zero-order valence-electron chi connectivity index (χ0n) is 26.0. The van der Waals surface area contributed by atoms with Gasteiger partial charge in [-0.15, -0.1) is 0 Å². The lowest BCUT2D eigenvalue weighted by Gasteiger charge is -2.23. The van der Waals surface area contributed by atoms with Crippen LogP contribution in [0.15, 0.2) is 54.6 Å². The number of aryl methyl sites for hydroxylation is 1. The fraction of sp³-hybridized carbons (Fsp3) is 0.485. The average molecular weight is 612 g/mol. The molecule has 2 aromatic carbocycles. The van der Waals surface area contributed by atoms with Crippen molar-refractivity contribution in [2.24, 2.45) is 5.92 Å². The van der Waals surface area contributed by atoms with Gasteiger partial charge in [-0.1, -0.05) is 30.3 Å². The number of esters is 2. The maximum Gasteiger partial charge on any atom is 0.338 e. The lowest BCUT2D eigenvalue weighted by molar-refractivity contribution is -0.157. The Morgan fingerprint density at radius 2 is 1.52 bits per heavy atom. The molecule has 0 aliphatic rings. The summed E-state index contributed by atoms with van der Waals surface area (Å²) in [6, 6.07) is 14.7. The molecule has 0 bridgehead atoms. The second kappa shape index (κ2) is 18.4. The molecule has 0 aliphatic heterocycles. The number of benzene rings is 2. The molecule has 2 aromatic rings. The van der Waals surface area contributed by atoms with Crippen LogP contribution in [0.3, 0.4) is 0 Å². The Morgan fingerprint density at radius 1 is 0.864 bits per heavy atom. The van der Waals surface area contributed by atoms with Crippen LogP contribution in [-0.2, 0) is 30.3 Å². The maximum atomic E-state index is 13.2. The summed E-state index contributed by atoms with van der Waals surface area (Å²) in [6.07, 6.45) is 2.80. The van der Waals surface area contributed by atoms with Gasteiger partial charge in [0.25, 0.3) is 5.91 Å². The van der Waals surface area contributed by atoms with Gasteiger partial charge in [-0.2, -0.15) is 0 Å². The van der Waals surface area contributed by atoms with Crippen LogP contribution in [0.25, 0.3) is 0 Å². The lowest BCUT2D eigenvalue weighted by Crippen LogP contribution is -2.44. The van der Waals surface area contributed by atoms with Crippen molar-refractivity contribution in [2.75, 3.05) is 13.2 Å². The highest BCUT2D eigenvalue weighted by atomic mass is 16.6. The van der Waals surface area contributed by atoms with Gasteiger partial charge in [0, 0.05) is 18.0 Å². The predicted octanol–water partition coefficient (Wildman–Crippen LogP) is 4.21. The summed E-state index contributed by atoms with van der Waals surface area (Å²) in [5, 5.41) is 12.4. The summed E-state index contributed by atoms with van der Waals surface area (Å²) >= 11 is 0. The van der Waals surface area contributed by atoms with Gasteiger partial charge in [-0.3, -0.25) is 19.8 Å². The number of amides is 2. The van der Waals surface area contributed by atoms with Crippen molar-refractivity contribution in [3.8, 4) is 0 Å². The Balaban J connectivity index is 1.83. The van der Waals surface area contributed by atoms with E-state index in [0.717, 1.165) is 12.0 Å². The molecule has 0 heterocycles. The second-order valence-electron chi connectivity index (χ2n) is 11.4. The van der Waals surface area contributed by atoms with Crippen molar-refractivity contribution >= 4 is 29.7 Å². The Labute approximate surface area is 259 Å². The minimum atomic E-state index is -1.16. The predicted molar refractivity (Wildman–Crippen MR) is 165 cm³/mol. The topological polar surface area (TPSA) is 160 Å². The van der Waals surface area contributed by atoms with E-state index in [4.69, 9.17) is 9.47 Å². The number of ether oxygens (including phenoxy) is 2. The number of nitrogens with one attached hydrogen (secondary N) is 3.